The van der Waals surface area contributed by atoms with Gasteiger partial charge in [-0.1, -0.05) is 97.5 Å². The Bertz CT molecular complexity index is 580. The van der Waals surface area contributed by atoms with Gasteiger partial charge in [0.15, 0.2) is 0 Å². The predicted molar refractivity (Wildman–Crippen MR) is 128 cm³/mol. The van der Waals surface area contributed by atoms with E-state index < -0.39 is 6.16 Å². The van der Waals surface area contributed by atoms with Crippen LogP contribution in [0.1, 0.15) is 127 Å². The standard InChI is InChI=1S/C27H46O3/c1-4-7-10-13-14-15-18-23-21-22-26(30-27(28)29)25(20-17-12-9-6-3)24(23)19-16-11-8-5-2/h21-22H,4-20H2,1-3H3,(H,28,29). The summed E-state index contributed by atoms with van der Waals surface area (Å²) in [6.07, 6.45) is 19.3. The van der Waals surface area contributed by atoms with Crippen molar-refractivity contribution in [3.05, 3.63) is 28.8 Å². The number of aryl methyl sites for hydroxylation is 1. The Morgan fingerprint density at radius 2 is 1.13 bits per heavy atom. The Kier molecular flexibility index (Phi) is 15.2. The van der Waals surface area contributed by atoms with Gasteiger partial charge in [0.05, 0.1) is 0 Å². The molecule has 0 aliphatic heterocycles. The van der Waals surface area contributed by atoms with Crippen LogP contribution < -0.4 is 4.74 Å². The van der Waals surface area contributed by atoms with Gasteiger partial charge in [-0.2, -0.15) is 0 Å². The van der Waals surface area contributed by atoms with Gasteiger partial charge in [-0.3, -0.25) is 0 Å². The Morgan fingerprint density at radius 1 is 0.667 bits per heavy atom. The third kappa shape index (κ3) is 11.0. The van der Waals surface area contributed by atoms with Gasteiger partial charge < -0.3 is 9.84 Å². The molecule has 0 radical (unpaired) electrons. The lowest BCUT2D eigenvalue weighted by molar-refractivity contribution is 0.144. The zero-order chi connectivity index (χ0) is 22.0. The minimum atomic E-state index is -1.20. The molecular formula is C27H46O3. The molecule has 0 fully saturated rings. The number of ether oxygens (including phenoxy) is 1. The van der Waals surface area contributed by atoms with E-state index in [9.17, 15) is 9.90 Å². The number of carbonyl (C=O) groups is 1. The molecule has 0 heterocycles. The molecule has 1 aromatic rings. The average Bonchev–Trinajstić information content (AvgIpc) is 2.73. The molecule has 3 heteroatoms. The van der Waals surface area contributed by atoms with Crippen LogP contribution in [0.5, 0.6) is 5.75 Å². The largest absolute Gasteiger partial charge is 0.511 e. The summed E-state index contributed by atoms with van der Waals surface area (Å²) in [6.45, 7) is 6.72. The van der Waals surface area contributed by atoms with E-state index in [2.05, 4.69) is 26.8 Å². The van der Waals surface area contributed by atoms with Crippen LogP contribution in [0.4, 0.5) is 4.79 Å². The summed E-state index contributed by atoms with van der Waals surface area (Å²) in [5.41, 5.74) is 3.97. The lowest BCUT2D eigenvalue weighted by atomic mass is 9.89. The topological polar surface area (TPSA) is 46.5 Å². The summed E-state index contributed by atoms with van der Waals surface area (Å²) in [5.74, 6) is 0.566. The molecule has 1 N–H and O–H groups in total. The van der Waals surface area contributed by atoms with Crippen LogP contribution in [-0.2, 0) is 19.3 Å². The summed E-state index contributed by atoms with van der Waals surface area (Å²) in [4.78, 5) is 11.3. The van der Waals surface area contributed by atoms with Gasteiger partial charge in [0.25, 0.3) is 0 Å². The highest BCUT2D eigenvalue weighted by molar-refractivity contribution is 5.63. The first-order chi connectivity index (χ1) is 14.6. The van der Waals surface area contributed by atoms with E-state index in [1.807, 2.05) is 6.07 Å². The van der Waals surface area contributed by atoms with Crippen LogP contribution >= 0.6 is 0 Å². The molecule has 0 atom stereocenters. The van der Waals surface area contributed by atoms with E-state index in [4.69, 9.17) is 4.74 Å². The number of rotatable bonds is 18. The Balaban J connectivity index is 2.96. The maximum atomic E-state index is 11.3. The molecular weight excluding hydrogens is 372 g/mol. The van der Waals surface area contributed by atoms with Crippen molar-refractivity contribution in [2.24, 2.45) is 0 Å². The third-order valence-corrected chi connectivity index (χ3v) is 6.04. The number of carboxylic acid groups (broad SMARTS) is 1. The number of benzene rings is 1. The molecule has 0 amide bonds. The monoisotopic (exact) mass is 418 g/mol. The van der Waals surface area contributed by atoms with Crippen molar-refractivity contribution in [3.63, 3.8) is 0 Å². The molecule has 30 heavy (non-hydrogen) atoms. The normalized spacial score (nSPS) is 11.0. The lowest BCUT2D eigenvalue weighted by Crippen LogP contribution is -2.09. The second kappa shape index (κ2) is 17.2. The minimum Gasteiger partial charge on any atom is -0.449 e. The Labute approximate surface area is 185 Å². The molecule has 1 aromatic carbocycles. The molecule has 0 aromatic heterocycles. The van der Waals surface area contributed by atoms with Gasteiger partial charge >= 0.3 is 6.16 Å². The molecule has 0 aliphatic rings. The highest BCUT2D eigenvalue weighted by Crippen LogP contribution is 2.31. The molecule has 1 rings (SSSR count). The van der Waals surface area contributed by atoms with Gasteiger partial charge in [-0.25, -0.2) is 4.79 Å². The fourth-order valence-electron chi connectivity index (χ4n) is 4.28. The van der Waals surface area contributed by atoms with Crippen molar-refractivity contribution in [2.45, 2.75) is 130 Å². The second-order valence-electron chi connectivity index (χ2n) is 8.69. The van der Waals surface area contributed by atoms with Crippen molar-refractivity contribution >= 4 is 6.16 Å². The van der Waals surface area contributed by atoms with Crippen molar-refractivity contribution in [1.82, 2.24) is 0 Å². The van der Waals surface area contributed by atoms with Crippen LogP contribution in [0.2, 0.25) is 0 Å². The first-order valence-electron chi connectivity index (χ1n) is 12.7. The van der Waals surface area contributed by atoms with Crippen molar-refractivity contribution in [3.8, 4) is 5.75 Å². The Morgan fingerprint density at radius 3 is 1.70 bits per heavy atom. The molecule has 0 saturated heterocycles. The Hall–Kier alpha value is -1.51. The SMILES string of the molecule is CCCCCCCCc1ccc(OC(=O)O)c(CCCCCC)c1CCCCCC. The van der Waals surface area contributed by atoms with Crippen molar-refractivity contribution < 1.29 is 14.6 Å². The highest BCUT2D eigenvalue weighted by atomic mass is 16.7. The maximum Gasteiger partial charge on any atom is 0.511 e. The van der Waals surface area contributed by atoms with Gasteiger partial charge in [-0.15, -0.1) is 0 Å². The number of unbranched alkanes of at least 4 members (excludes halogenated alkanes) is 11. The summed E-state index contributed by atoms with van der Waals surface area (Å²) in [5, 5.41) is 9.23. The second-order valence-corrected chi connectivity index (χ2v) is 8.69. The third-order valence-electron chi connectivity index (χ3n) is 6.04. The van der Waals surface area contributed by atoms with Crippen molar-refractivity contribution in [2.75, 3.05) is 0 Å². The fraction of sp³-hybridized carbons (Fsp3) is 0.741. The van der Waals surface area contributed by atoms with E-state index in [0.717, 1.165) is 31.2 Å². The summed E-state index contributed by atoms with van der Waals surface area (Å²) in [6, 6.07) is 4.04. The van der Waals surface area contributed by atoms with E-state index in [1.165, 1.54) is 94.6 Å². The van der Waals surface area contributed by atoms with Crippen LogP contribution in [0, 0.1) is 0 Å². The lowest BCUT2D eigenvalue weighted by Gasteiger charge is -2.18. The summed E-state index contributed by atoms with van der Waals surface area (Å²) in [7, 11) is 0. The van der Waals surface area contributed by atoms with E-state index >= 15 is 0 Å². The molecule has 3 nitrogen and oxygen atoms in total. The molecule has 0 aliphatic carbocycles. The van der Waals surface area contributed by atoms with E-state index in [1.54, 1.807) is 0 Å². The predicted octanol–water partition coefficient (Wildman–Crippen LogP) is 8.89. The van der Waals surface area contributed by atoms with Crippen LogP contribution in [-0.4, -0.2) is 11.3 Å². The molecule has 0 bridgehead atoms. The van der Waals surface area contributed by atoms with Gasteiger partial charge in [0.1, 0.15) is 5.75 Å². The van der Waals surface area contributed by atoms with Gasteiger partial charge in [0, 0.05) is 0 Å². The van der Waals surface area contributed by atoms with Crippen LogP contribution in [0.25, 0.3) is 0 Å². The van der Waals surface area contributed by atoms with Crippen molar-refractivity contribution in [1.29, 1.82) is 0 Å². The van der Waals surface area contributed by atoms with Gasteiger partial charge in [0.2, 0.25) is 0 Å². The zero-order valence-electron chi connectivity index (χ0n) is 19.9. The minimum absolute atomic E-state index is 0.566. The molecule has 172 valence electrons. The first-order valence-corrected chi connectivity index (χ1v) is 12.7. The highest BCUT2D eigenvalue weighted by Gasteiger charge is 2.16. The van der Waals surface area contributed by atoms with Crippen LogP contribution in [0.3, 0.4) is 0 Å². The summed E-state index contributed by atoms with van der Waals surface area (Å²) >= 11 is 0. The zero-order valence-corrected chi connectivity index (χ0v) is 19.9. The molecule has 0 unspecified atom stereocenters. The maximum absolute atomic E-state index is 11.3. The van der Waals surface area contributed by atoms with Gasteiger partial charge in [-0.05, 0) is 61.3 Å². The number of hydrogen-bond donors (Lipinski definition) is 1. The van der Waals surface area contributed by atoms with E-state index in [-0.39, 0.29) is 0 Å². The molecule has 0 spiro atoms. The fourth-order valence-corrected chi connectivity index (χ4v) is 4.28. The quantitative estimate of drug-likeness (QED) is 0.147. The number of hydrogen-bond acceptors (Lipinski definition) is 2. The van der Waals surface area contributed by atoms with Crippen LogP contribution in [0.15, 0.2) is 12.1 Å². The van der Waals surface area contributed by atoms with E-state index in [0.29, 0.717) is 5.75 Å². The molecule has 0 saturated carbocycles. The average molecular weight is 419 g/mol. The summed E-state index contributed by atoms with van der Waals surface area (Å²) < 4.78 is 5.21. The smallest absolute Gasteiger partial charge is 0.449 e. The first kappa shape index (κ1) is 26.5.